The van der Waals surface area contributed by atoms with Crippen molar-refractivity contribution in [1.82, 2.24) is 19.9 Å². The third-order valence-electron chi connectivity index (χ3n) is 2.73. The van der Waals surface area contributed by atoms with Crippen molar-refractivity contribution in [2.75, 3.05) is 5.32 Å². The van der Waals surface area contributed by atoms with Crippen LogP contribution in [-0.4, -0.2) is 25.0 Å². The Bertz CT molecular complexity index is 727. The van der Waals surface area contributed by atoms with Gasteiger partial charge < -0.3 is 15.4 Å². The number of phenols is 1. The van der Waals surface area contributed by atoms with Gasteiger partial charge in [0, 0.05) is 12.1 Å². The van der Waals surface area contributed by atoms with Gasteiger partial charge in [-0.3, -0.25) is 0 Å². The zero-order chi connectivity index (χ0) is 13.2. The Labute approximate surface area is 117 Å². The summed E-state index contributed by atoms with van der Waals surface area (Å²) < 4.78 is 0.666. The maximum absolute atomic E-state index is 9.91. The second-order valence-corrected chi connectivity index (χ2v) is 4.78. The number of H-pyrrole nitrogens is 1. The Kier molecular flexibility index (Phi) is 3.04. The van der Waals surface area contributed by atoms with Gasteiger partial charge in [-0.2, -0.15) is 0 Å². The molecule has 0 atom stereocenters. The molecule has 0 aliphatic heterocycles. The monoisotopic (exact) mass is 319 g/mol. The molecular formula is C12H10BrN5O. The quantitative estimate of drug-likeness (QED) is 0.690. The Balaban J connectivity index is 1.86. The first-order chi connectivity index (χ1) is 9.25. The highest BCUT2D eigenvalue weighted by Gasteiger charge is 2.08. The number of nitrogens with zero attached hydrogens (tertiary/aromatic N) is 3. The van der Waals surface area contributed by atoms with Crippen LogP contribution in [0.1, 0.15) is 5.56 Å². The van der Waals surface area contributed by atoms with Gasteiger partial charge in [-0.05, 0) is 22.0 Å². The molecule has 0 fully saturated rings. The van der Waals surface area contributed by atoms with E-state index in [1.165, 1.54) is 6.33 Å². The molecule has 0 saturated heterocycles. The smallest absolute Gasteiger partial charge is 0.162 e. The number of nitrogens with one attached hydrogen (secondary N) is 2. The van der Waals surface area contributed by atoms with Crippen LogP contribution in [0.4, 0.5) is 5.82 Å². The molecule has 96 valence electrons. The number of fused-ring (bicyclic) bond motifs is 1. The molecule has 19 heavy (non-hydrogen) atoms. The lowest BCUT2D eigenvalue weighted by molar-refractivity contribution is 0.465. The molecule has 0 bridgehead atoms. The van der Waals surface area contributed by atoms with Gasteiger partial charge in [-0.1, -0.05) is 12.1 Å². The van der Waals surface area contributed by atoms with Crippen molar-refractivity contribution >= 4 is 32.9 Å². The standard InChI is InChI=1S/C12H10BrN5O/c13-8-3-1-2-7(10(8)19)4-14-11-9-12(16-5-15-9)18-6-17-11/h1-3,5-6,19H,4H2,(H2,14,15,16,17,18). The van der Waals surface area contributed by atoms with Crippen LogP contribution >= 0.6 is 15.9 Å². The summed E-state index contributed by atoms with van der Waals surface area (Å²) in [5.41, 5.74) is 2.13. The number of hydrogen-bond acceptors (Lipinski definition) is 5. The number of benzene rings is 1. The van der Waals surface area contributed by atoms with Gasteiger partial charge in [0.25, 0.3) is 0 Å². The van der Waals surface area contributed by atoms with Gasteiger partial charge >= 0.3 is 0 Å². The van der Waals surface area contributed by atoms with Gasteiger partial charge in [-0.25, -0.2) is 15.0 Å². The van der Waals surface area contributed by atoms with Crippen molar-refractivity contribution in [3.63, 3.8) is 0 Å². The highest BCUT2D eigenvalue weighted by Crippen LogP contribution is 2.28. The molecule has 0 aliphatic carbocycles. The van der Waals surface area contributed by atoms with Gasteiger partial charge in [0.1, 0.15) is 17.6 Å². The minimum absolute atomic E-state index is 0.224. The Morgan fingerprint density at radius 2 is 2.16 bits per heavy atom. The van der Waals surface area contributed by atoms with Gasteiger partial charge in [0.2, 0.25) is 0 Å². The summed E-state index contributed by atoms with van der Waals surface area (Å²) in [5, 5.41) is 13.1. The largest absolute Gasteiger partial charge is 0.506 e. The number of aromatic hydroxyl groups is 1. The summed E-state index contributed by atoms with van der Waals surface area (Å²) in [6.45, 7) is 0.449. The summed E-state index contributed by atoms with van der Waals surface area (Å²) in [6, 6.07) is 5.50. The fourth-order valence-corrected chi connectivity index (χ4v) is 2.18. The molecule has 0 saturated carbocycles. The summed E-state index contributed by atoms with van der Waals surface area (Å²) in [4.78, 5) is 15.3. The van der Waals surface area contributed by atoms with E-state index in [4.69, 9.17) is 0 Å². The highest BCUT2D eigenvalue weighted by atomic mass is 79.9. The number of aromatic amines is 1. The second kappa shape index (κ2) is 4.85. The van der Waals surface area contributed by atoms with Crippen molar-refractivity contribution in [3.8, 4) is 5.75 Å². The lowest BCUT2D eigenvalue weighted by Crippen LogP contribution is -2.03. The van der Waals surface area contributed by atoms with E-state index in [9.17, 15) is 5.11 Å². The number of phenolic OH excluding ortho intramolecular Hbond substituents is 1. The number of hydrogen-bond donors (Lipinski definition) is 3. The number of para-hydroxylation sites is 1. The fraction of sp³-hybridized carbons (Fsp3) is 0.0833. The molecule has 3 rings (SSSR count). The van der Waals surface area contributed by atoms with Crippen LogP contribution in [0.25, 0.3) is 11.2 Å². The molecule has 1 aromatic carbocycles. The molecule has 3 N–H and O–H groups in total. The first-order valence-electron chi connectivity index (χ1n) is 5.60. The minimum Gasteiger partial charge on any atom is -0.506 e. The van der Waals surface area contributed by atoms with Crippen LogP contribution in [0.5, 0.6) is 5.75 Å². The number of rotatable bonds is 3. The lowest BCUT2D eigenvalue weighted by Gasteiger charge is -2.08. The zero-order valence-electron chi connectivity index (χ0n) is 9.76. The number of imidazole rings is 1. The van der Waals surface area contributed by atoms with E-state index < -0.39 is 0 Å². The molecule has 7 heteroatoms. The predicted octanol–water partition coefficient (Wildman–Crippen LogP) is 2.43. The van der Waals surface area contributed by atoms with Crippen LogP contribution < -0.4 is 5.32 Å². The van der Waals surface area contributed by atoms with Crippen LogP contribution in [-0.2, 0) is 6.54 Å². The Morgan fingerprint density at radius 3 is 3.05 bits per heavy atom. The van der Waals surface area contributed by atoms with Crippen LogP contribution in [0.3, 0.4) is 0 Å². The van der Waals surface area contributed by atoms with Crippen molar-refractivity contribution in [2.24, 2.45) is 0 Å². The molecule has 2 aromatic heterocycles. The Hall–Kier alpha value is -2.15. The van der Waals surface area contributed by atoms with Crippen molar-refractivity contribution in [3.05, 3.63) is 40.9 Å². The van der Waals surface area contributed by atoms with E-state index in [0.29, 0.717) is 28.0 Å². The lowest BCUT2D eigenvalue weighted by atomic mass is 10.2. The normalized spacial score (nSPS) is 10.8. The van der Waals surface area contributed by atoms with Crippen molar-refractivity contribution in [1.29, 1.82) is 0 Å². The minimum atomic E-state index is 0.224. The zero-order valence-corrected chi connectivity index (χ0v) is 11.3. The molecule has 0 spiro atoms. The summed E-state index contributed by atoms with van der Waals surface area (Å²) in [7, 11) is 0. The molecule has 0 aliphatic rings. The second-order valence-electron chi connectivity index (χ2n) is 3.92. The SMILES string of the molecule is Oc1c(Br)cccc1CNc1ncnc2[nH]cnc12. The van der Waals surface area contributed by atoms with E-state index in [1.807, 2.05) is 12.1 Å². The van der Waals surface area contributed by atoms with Gasteiger partial charge in [-0.15, -0.1) is 0 Å². The van der Waals surface area contributed by atoms with Crippen molar-refractivity contribution in [2.45, 2.75) is 6.54 Å². The molecular weight excluding hydrogens is 310 g/mol. The van der Waals surface area contributed by atoms with Gasteiger partial charge in [0.05, 0.1) is 10.8 Å². The third-order valence-corrected chi connectivity index (χ3v) is 3.37. The average Bonchev–Trinajstić information content (AvgIpc) is 2.89. The topological polar surface area (TPSA) is 86.7 Å². The van der Waals surface area contributed by atoms with E-state index in [2.05, 4.69) is 41.2 Å². The molecule has 3 aromatic rings. The first-order valence-corrected chi connectivity index (χ1v) is 6.39. The molecule has 0 unspecified atom stereocenters. The first kappa shape index (κ1) is 11.9. The van der Waals surface area contributed by atoms with E-state index in [1.54, 1.807) is 12.4 Å². The average molecular weight is 320 g/mol. The predicted molar refractivity (Wildman–Crippen MR) is 74.8 cm³/mol. The summed E-state index contributed by atoms with van der Waals surface area (Å²) >= 11 is 3.29. The number of anilines is 1. The summed E-state index contributed by atoms with van der Waals surface area (Å²) in [6.07, 6.45) is 3.03. The Morgan fingerprint density at radius 1 is 1.26 bits per heavy atom. The number of aromatic nitrogens is 4. The third kappa shape index (κ3) is 2.24. The van der Waals surface area contributed by atoms with Gasteiger partial charge in [0.15, 0.2) is 11.5 Å². The van der Waals surface area contributed by atoms with Crippen LogP contribution in [0, 0.1) is 0 Å². The maximum Gasteiger partial charge on any atom is 0.162 e. The fourth-order valence-electron chi connectivity index (χ4n) is 1.78. The maximum atomic E-state index is 9.91. The van der Waals surface area contributed by atoms with E-state index in [0.717, 1.165) is 5.56 Å². The number of halogens is 1. The van der Waals surface area contributed by atoms with Crippen LogP contribution in [0.2, 0.25) is 0 Å². The highest BCUT2D eigenvalue weighted by molar-refractivity contribution is 9.10. The molecule has 0 amide bonds. The van der Waals surface area contributed by atoms with Crippen molar-refractivity contribution < 1.29 is 5.11 Å². The summed E-state index contributed by atoms with van der Waals surface area (Å²) in [5.74, 6) is 0.855. The molecule has 6 nitrogen and oxygen atoms in total. The van der Waals surface area contributed by atoms with E-state index in [-0.39, 0.29) is 5.75 Å². The van der Waals surface area contributed by atoms with Crippen LogP contribution in [0.15, 0.2) is 35.3 Å². The molecule has 0 radical (unpaired) electrons. The van der Waals surface area contributed by atoms with E-state index >= 15 is 0 Å². The molecule has 2 heterocycles.